The van der Waals surface area contributed by atoms with Gasteiger partial charge in [0.2, 0.25) is 0 Å². The summed E-state index contributed by atoms with van der Waals surface area (Å²) in [4.78, 5) is 13.5. The van der Waals surface area contributed by atoms with E-state index in [-0.39, 0.29) is 6.61 Å². The monoisotopic (exact) mass is 119 g/mol. The number of aliphatic hydroxyl groups excluding tert-OH is 1. The van der Waals surface area contributed by atoms with Gasteiger partial charge in [0.1, 0.15) is 0 Å². The number of rotatable bonds is 4. The standard InChI is InChI=1S/C4H9NO3/c1-2-4(3-6)8-5-7/h4,6H,2-3H2,1H3. The maximum atomic E-state index is 9.35. The summed E-state index contributed by atoms with van der Waals surface area (Å²) in [6, 6.07) is 0. The molecule has 0 spiro atoms. The highest BCUT2D eigenvalue weighted by Gasteiger charge is 2.02. The topological polar surface area (TPSA) is 58.9 Å². The van der Waals surface area contributed by atoms with Crippen LogP contribution in [-0.4, -0.2) is 17.8 Å². The van der Waals surface area contributed by atoms with Gasteiger partial charge in [0.05, 0.1) is 6.61 Å². The third-order valence-electron chi connectivity index (χ3n) is 0.851. The van der Waals surface area contributed by atoms with E-state index in [4.69, 9.17) is 5.11 Å². The van der Waals surface area contributed by atoms with Crippen LogP contribution in [0.1, 0.15) is 13.3 Å². The molecule has 0 aromatic rings. The van der Waals surface area contributed by atoms with E-state index < -0.39 is 6.10 Å². The van der Waals surface area contributed by atoms with E-state index in [1.165, 1.54) is 0 Å². The van der Waals surface area contributed by atoms with Crippen LogP contribution in [0.4, 0.5) is 0 Å². The van der Waals surface area contributed by atoms with E-state index >= 15 is 0 Å². The summed E-state index contributed by atoms with van der Waals surface area (Å²) >= 11 is 0. The van der Waals surface area contributed by atoms with Crippen LogP contribution in [0.5, 0.6) is 0 Å². The molecule has 1 unspecified atom stereocenters. The van der Waals surface area contributed by atoms with E-state index in [1.54, 1.807) is 6.92 Å². The molecule has 0 aliphatic carbocycles. The molecule has 4 nitrogen and oxygen atoms in total. The lowest BCUT2D eigenvalue weighted by molar-refractivity contribution is 0.0118. The van der Waals surface area contributed by atoms with Gasteiger partial charge in [-0.3, -0.25) is 0 Å². The molecule has 0 aliphatic heterocycles. The molecule has 8 heavy (non-hydrogen) atoms. The first-order valence-electron chi connectivity index (χ1n) is 2.44. The van der Waals surface area contributed by atoms with E-state index in [1.807, 2.05) is 0 Å². The summed E-state index contributed by atoms with van der Waals surface area (Å²) in [5.74, 6) is 0. The molecule has 48 valence electrons. The molecular formula is C4H9NO3. The van der Waals surface area contributed by atoms with Crippen molar-refractivity contribution in [1.29, 1.82) is 0 Å². The van der Waals surface area contributed by atoms with Crippen LogP contribution in [0, 0.1) is 4.91 Å². The average molecular weight is 119 g/mol. The highest BCUT2D eigenvalue weighted by Crippen LogP contribution is 1.94. The fourth-order valence-corrected chi connectivity index (χ4v) is 0.298. The van der Waals surface area contributed by atoms with Crippen molar-refractivity contribution >= 4 is 0 Å². The zero-order valence-electron chi connectivity index (χ0n) is 4.70. The van der Waals surface area contributed by atoms with Gasteiger partial charge in [0.15, 0.2) is 11.4 Å². The Morgan fingerprint density at radius 1 is 1.88 bits per heavy atom. The molecule has 0 heterocycles. The average Bonchev–Trinajstić information content (AvgIpc) is 1.83. The zero-order valence-corrected chi connectivity index (χ0v) is 4.70. The fraction of sp³-hybridized carbons (Fsp3) is 1.00. The summed E-state index contributed by atoms with van der Waals surface area (Å²) in [5, 5.41) is 10.5. The van der Waals surface area contributed by atoms with Crippen molar-refractivity contribution in [2.45, 2.75) is 19.4 Å². The van der Waals surface area contributed by atoms with Crippen LogP contribution in [0.25, 0.3) is 0 Å². The first-order chi connectivity index (χ1) is 3.85. The third-order valence-corrected chi connectivity index (χ3v) is 0.851. The normalized spacial score (nSPS) is 12.8. The van der Waals surface area contributed by atoms with Crippen molar-refractivity contribution in [3.63, 3.8) is 0 Å². The molecule has 0 aromatic heterocycles. The maximum absolute atomic E-state index is 9.35. The highest BCUT2D eigenvalue weighted by molar-refractivity contribution is 4.47. The lowest BCUT2D eigenvalue weighted by Crippen LogP contribution is -2.12. The second kappa shape index (κ2) is 4.52. The molecule has 0 saturated carbocycles. The fourth-order valence-electron chi connectivity index (χ4n) is 0.298. The van der Waals surface area contributed by atoms with Crippen molar-refractivity contribution in [1.82, 2.24) is 0 Å². The number of hydrogen-bond acceptors (Lipinski definition) is 4. The van der Waals surface area contributed by atoms with Crippen molar-refractivity contribution in [2.24, 2.45) is 5.34 Å². The zero-order chi connectivity index (χ0) is 6.41. The summed E-state index contributed by atoms with van der Waals surface area (Å²) in [7, 11) is 0. The summed E-state index contributed by atoms with van der Waals surface area (Å²) in [6.45, 7) is 1.65. The van der Waals surface area contributed by atoms with Crippen molar-refractivity contribution in [3.05, 3.63) is 4.91 Å². The van der Waals surface area contributed by atoms with Gasteiger partial charge in [-0.25, -0.2) is 0 Å². The minimum absolute atomic E-state index is 0.151. The van der Waals surface area contributed by atoms with Crippen LogP contribution < -0.4 is 0 Å². The van der Waals surface area contributed by atoms with Gasteiger partial charge in [0, 0.05) is 0 Å². The van der Waals surface area contributed by atoms with E-state index in [0.29, 0.717) is 6.42 Å². The van der Waals surface area contributed by atoms with Gasteiger partial charge < -0.3 is 9.94 Å². The number of nitrogens with zero attached hydrogens (tertiary/aromatic N) is 1. The Hall–Kier alpha value is -0.640. The molecular weight excluding hydrogens is 110 g/mol. The molecule has 0 rings (SSSR count). The predicted octanol–water partition coefficient (Wildman–Crippen LogP) is 0.455. The Balaban J connectivity index is 3.20. The minimum Gasteiger partial charge on any atom is -0.392 e. The summed E-state index contributed by atoms with van der Waals surface area (Å²) < 4.78 is 0. The molecule has 0 aromatic carbocycles. The molecule has 0 fully saturated rings. The van der Waals surface area contributed by atoms with Gasteiger partial charge in [-0.1, -0.05) is 6.92 Å². The minimum atomic E-state index is -0.424. The number of aliphatic hydroxyl groups is 1. The van der Waals surface area contributed by atoms with E-state index in [2.05, 4.69) is 10.2 Å². The van der Waals surface area contributed by atoms with Crippen LogP contribution in [0.3, 0.4) is 0 Å². The van der Waals surface area contributed by atoms with Gasteiger partial charge in [-0.15, -0.1) is 4.91 Å². The maximum Gasteiger partial charge on any atom is 0.155 e. The third kappa shape index (κ3) is 2.52. The molecule has 0 aliphatic rings. The Labute approximate surface area is 47.4 Å². The largest absolute Gasteiger partial charge is 0.392 e. The smallest absolute Gasteiger partial charge is 0.155 e. The molecule has 0 amide bonds. The molecule has 0 saturated heterocycles. The van der Waals surface area contributed by atoms with Crippen molar-refractivity contribution < 1.29 is 9.94 Å². The van der Waals surface area contributed by atoms with E-state index in [0.717, 1.165) is 0 Å². The van der Waals surface area contributed by atoms with Gasteiger partial charge in [-0.05, 0) is 6.42 Å². The first kappa shape index (κ1) is 7.36. The lowest BCUT2D eigenvalue weighted by Gasteiger charge is -2.03. The predicted molar refractivity (Wildman–Crippen MR) is 28.0 cm³/mol. The van der Waals surface area contributed by atoms with Gasteiger partial charge in [0.25, 0.3) is 0 Å². The number of hydrogen-bond donors (Lipinski definition) is 1. The van der Waals surface area contributed by atoms with E-state index in [9.17, 15) is 4.91 Å². The first-order valence-corrected chi connectivity index (χ1v) is 2.44. The lowest BCUT2D eigenvalue weighted by atomic mass is 10.3. The van der Waals surface area contributed by atoms with Crippen LogP contribution in [0.2, 0.25) is 0 Å². The summed E-state index contributed by atoms with van der Waals surface area (Å²) in [6.07, 6.45) is 0.176. The SMILES string of the molecule is CCC(CO)ON=O. The second-order valence-electron chi connectivity index (χ2n) is 1.39. The van der Waals surface area contributed by atoms with Gasteiger partial charge in [-0.2, -0.15) is 0 Å². The van der Waals surface area contributed by atoms with Crippen molar-refractivity contribution in [2.75, 3.05) is 6.61 Å². The van der Waals surface area contributed by atoms with Gasteiger partial charge >= 0.3 is 0 Å². The molecule has 0 radical (unpaired) electrons. The molecule has 4 heteroatoms. The Morgan fingerprint density at radius 3 is 2.62 bits per heavy atom. The molecule has 1 atom stereocenters. The molecule has 0 bridgehead atoms. The van der Waals surface area contributed by atoms with Crippen molar-refractivity contribution in [3.8, 4) is 0 Å². The highest BCUT2D eigenvalue weighted by atomic mass is 16.7. The Bertz CT molecular complexity index is 62.3. The van der Waals surface area contributed by atoms with Crippen LogP contribution >= 0.6 is 0 Å². The molecule has 1 N–H and O–H groups in total. The van der Waals surface area contributed by atoms with Crippen LogP contribution in [-0.2, 0) is 4.84 Å². The summed E-state index contributed by atoms with van der Waals surface area (Å²) in [5.41, 5.74) is 0. The Kier molecular flexibility index (Phi) is 4.16. The Morgan fingerprint density at radius 2 is 2.50 bits per heavy atom. The van der Waals surface area contributed by atoms with Crippen LogP contribution in [0.15, 0.2) is 5.34 Å². The second-order valence-corrected chi connectivity index (χ2v) is 1.39. The quantitative estimate of drug-likeness (QED) is 0.432.